The first kappa shape index (κ1) is 23.6. The van der Waals surface area contributed by atoms with Gasteiger partial charge < -0.3 is 25.1 Å². The van der Waals surface area contributed by atoms with Crippen molar-refractivity contribution in [2.75, 3.05) is 18.9 Å². The van der Waals surface area contributed by atoms with E-state index in [1.807, 2.05) is 6.92 Å². The molecule has 7 rings (SSSR count). The average molecular weight is 495 g/mol. The molecule has 2 aromatic heterocycles. The summed E-state index contributed by atoms with van der Waals surface area (Å²) < 4.78 is 18.6. The molecule has 0 spiro atoms. The van der Waals surface area contributed by atoms with E-state index in [2.05, 4.69) is 15.9 Å². The number of nitrogens with zero attached hydrogens (tertiary/aromatic N) is 3. The van der Waals surface area contributed by atoms with Crippen LogP contribution in [0, 0.1) is 42.4 Å². The second-order valence-corrected chi connectivity index (χ2v) is 11.6. The van der Waals surface area contributed by atoms with Gasteiger partial charge in [-0.1, -0.05) is 5.92 Å². The van der Waals surface area contributed by atoms with Gasteiger partial charge in [0.1, 0.15) is 24.5 Å². The predicted molar refractivity (Wildman–Crippen MR) is 132 cm³/mol. The Hall–Kier alpha value is -2.83. The van der Waals surface area contributed by atoms with Gasteiger partial charge in [0.2, 0.25) is 0 Å². The molecule has 3 N–H and O–H groups in total. The van der Waals surface area contributed by atoms with E-state index >= 15 is 0 Å². The molecule has 3 atom stereocenters. The summed E-state index contributed by atoms with van der Waals surface area (Å²) in [7, 11) is 0. The molecule has 3 heterocycles. The number of aliphatic hydroxyl groups excluding tert-OH is 1. The molecule has 36 heavy (non-hydrogen) atoms. The van der Waals surface area contributed by atoms with E-state index in [4.69, 9.17) is 26.4 Å². The normalized spacial score (nSPS) is 36.8. The Bertz CT molecular complexity index is 1180. The highest BCUT2D eigenvalue weighted by Gasteiger charge is 2.51. The van der Waals surface area contributed by atoms with Crippen LogP contribution in [-0.2, 0) is 14.2 Å². The first-order valence-corrected chi connectivity index (χ1v) is 13.0. The maximum atomic E-state index is 12.4. The van der Waals surface area contributed by atoms with E-state index in [0.29, 0.717) is 28.9 Å². The van der Waals surface area contributed by atoms with Gasteiger partial charge in [-0.05, 0) is 81.1 Å². The Morgan fingerprint density at radius 3 is 2.61 bits per heavy atom. The lowest BCUT2D eigenvalue weighted by atomic mass is 9.49. The molecule has 0 radical (unpaired) electrons. The van der Waals surface area contributed by atoms with Gasteiger partial charge in [-0.25, -0.2) is 14.8 Å². The summed E-state index contributed by atoms with van der Waals surface area (Å²) in [6.45, 7) is 1.87. The molecule has 2 aromatic rings. The second-order valence-electron chi connectivity index (χ2n) is 11.6. The van der Waals surface area contributed by atoms with Crippen molar-refractivity contribution in [1.29, 1.82) is 0 Å². The van der Waals surface area contributed by atoms with Crippen LogP contribution in [0.5, 0.6) is 0 Å². The van der Waals surface area contributed by atoms with Gasteiger partial charge in [0, 0.05) is 12.1 Å². The molecule has 9 heteroatoms. The molecule has 5 fully saturated rings. The SMILES string of the molecule is C#C[C@]1(COC(=O)OCCC23CC4CC(CC(C4)C2)C3)O[C@@H](n2cnc3c(N)cc(C)nc32)C[C@@H]1O. The largest absolute Gasteiger partial charge is 0.508 e. The fourth-order valence-corrected chi connectivity index (χ4v) is 7.75. The maximum absolute atomic E-state index is 12.4. The molecule has 192 valence electrons. The fourth-order valence-electron chi connectivity index (χ4n) is 7.75. The summed E-state index contributed by atoms with van der Waals surface area (Å²) in [5.74, 6) is 5.08. The first-order valence-electron chi connectivity index (χ1n) is 13.0. The molecule has 4 saturated carbocycles. The summed E-state index contributed by atoms with van der Waals surface area (Å²) in [4.78, 5) is 21.3. The molecule has 0 amide bonds. The minimum absolute atomic E-state index is 0.190. The molecule has 9 nitrogen and oxygen atoms in total. The number of fused-ring (bicyclic) bond motifs is 1. The van der Waals surface area contributed by atoms with Gasteiger partial charge in [-0.15, -0.1) is 6.42 Å². The van der Waals surface area contributed by atoms with Crippen LogP contribution in [0.3, 0.4) is 0 Å². The molecule has 1 aliphatic heterocycles. The Labute approximate surface area is 210 Å². The standard InChI is InChI=1S/C27H34N4O5/c1-3-27(21(32)10-22(36-27)31-15-29-23-20(28)6-16(2)30-24(23)31)14-35-25(33)34-5-4-26-11-17-7-18(12-26)9-19(8-17)13-26/h1,6,15,17-19,21-22,32H,4-5,7-14H2,2H3,(H2,28,30)/t17?,18?,19?,21-,22+,26?,27+/m0/s1. The Kier molecular flexibility index (Phi) is 5.65. The molecular formula is C27H34N4O5. The van der Waals surface area contributed by atoms with Gasteiger partial charge in [0.05, 0.1) is 18.6 Å². The van der Waals surface area contributed by atoms with E-state index in [9.17, 15) is 9.90 Å². The first-order chi connectivity index (χ1) is 17.3. The molecule has 1 saturated heterocycles. The lowest BCUT2D eigenvalue weighted by molar-refractivity contribution is -0.100. The van der Waals surface area contributed by atoms with Crippen LogP contribution in [0.15, 0.2) is 12.4 Å². The minimum Gasteiger partial charge on any atom is -0.434 e. The number of imidazole rings is 1. The highest BCUT2D eigenvalue weighted by Crippen LogP contribution is 2.61. The zero-order valence-electron chi connectivity index (χ0n) is 20.7. The Morgan fingerprint density at radius 2 is 1.94 bits per heavy atom. The quantitative estimate of drug-likeness (QED) is 0.460. The van der Waals surface area contributed by atoms with Crippen LogP contribution in [0.25, 0.3) is 11.2 Å². The van der Waals surface area contributed by atoms with Crippen molar-refractivity contribution >= 4 is 23.0 Å². The Morgan fingerprint density at radius 1 is 1.25 bits per heavy atom. The van der Waals surface area contributed by atoms with E-state index < -0.39 is 24.1 Å². The van der Waals surface area contributed by atoms with Crippen LogP contribution >= 0.6 is 0 Å². The summed E-state index contributed by atoms with van der Waals surface area (Å²) >= 11 is 0. The Balaban J connectivity index is 1.06. The second kappa shape index (κ2) is 8.63. The average Bonchev–Trinajstić information content (AvgIpc) is 3.38. The van der Waals surface area contributed by atoms with Crippen LogP contribution < -0.4 is 5.73 Å². The number of terminal acetylenes is 1. The van der Waals surface area contributed by atoms with Gasteiger partial charge in [0.15, 0.2) is 11.2 Å². The van der Waals surface area contributed by atoms with Gasteiger partial charge in [0.25, 0.3) is 0 Å². The van der Waals surface area contributed by atoms with Crippen molar-refractivity contribution in [3.05, 3.63) is 18.1 Å². The van der Waals surface area contributed by atoms with Crippen LogP contribution in [0.1, 0.15) is 63.3 Å². The van der Waals surface area contributed by atoms with Crippen molar-refractivity contribution in [3.8, 4) is 12.3 Å². The van der Waals surface area contributed by atoms with E-state index in [1.54, 1.807) is 17.0 Å². The van der Waals surface area contributed by atoms with Crippen LogP contribution in [0.4, 0.5) is 10.5 Å². The van der Waals surface area contributed by atoms with Crippen LogP contribution in [0.2, 0.25) is 0 Å². The number of nitrogen functional groups attached to an aromatic ring is 1. The molecule has 0 aromatic carbocycles. The monoisotopic (exact) mass is 494 g/mol. The van der Waals surface area contributed by atoms with Crippen molar-refractivity contribution in [2.45, 2.75) is 76.2 Å². The fraction of sp³-hybridized carbons (Fsp3) is 0.667. The van der Waals surface area contributed by atoms with E-state index in [-0.39, 0.29) is 13.0 Å². The van der Waals surface area contributed by atoms with Gasteiger partial charge in [-0.3, -0.25) is 4.57 Å². The summed E-state index contributed by atoms with van der Waals surface area (Å²) in [5, 5.41) is 10.8. The lowest BCUT2D eigenvalue weighted by Gasteiger charge is -2.57. The molecule has 5 aliphatic rings. The number of carbonyl (C=O) groups excluding carboxylic acids is 1. The van der Waals surface area contributed by atoms with Crippen LogP contribution in [-0.4, -0.2) is 50.7 Å². The van der Waals surface area contributed by atoms with Crippen molar-refractivity contribution in [1.82, 2.24) is 14.5 Å². The third-order valence-electron chi connectivity index (χ3n) is 8.97. The maximum Gasteiger partial charge on any atom is 0.508 e. The topological polar surface area (TPSA) is 122 Å². The van der Waals surface area contributed by atoms with Gasteiger partial charge >= 0.3 is 6.16 Å². The van der Waals surface area contributed by atoms with Crippen molar-refractivity contribution < 1.29 is 24.1 Å². The van der Waals surface area contributed by atoms with Gasteiger partial charge in [-0.2, -0.15) is 0 Å². The number of hydrogen-bond donors (Lipinski definition) is 2. The van der Waals surface area contributed by atoms with Crippen molar-refractivity contribution in [2.24, 2.45) is 23.2 Å². The number of pyridine rings is 1. The number of aryl methyl sites for hydroxylation is 1. The number of carbonyl (C=O) groups is 1. The minimum atomic E-state index is -1.49. The molecule has 0 unspecified atom stereocenters. The zero-order valence-corrected chi connectivity index (χ0v) is 20.7. The number of ether oxygens (including phenoxy) is 3. The third-order valence-corrected chi connectivity index (χ3v) is 8.97. The summed E-state index contributed by atoms with van der Waals surface area (Å²) in [6, 6.07) is 1.75. The number of aliphatic hydroxyl groups is 1. The number of aromatic nitrogens is 3. The highest BCUT2D eigenvalue weighted by atomic mass is 16.7. The van der Waals surface area contributed by atoms with Crippen molar-refractivity contribution in [3.63, 3.8) is 0 Å². The highest BCUT2D eigenvalue weighted by molar-refractivity contribution is 5.84. The number of rotatable bonds is 6. The van der Waals surface area contributed by atoms with E-state index in [0.717, 1.165) is 29.9 Å². The number of anilines is 1. The predicted octanol–water partition coefficient (Wildman–Crippen LogP) is 3.73. The number of hydrogen-bond acceptors (Lipinski definition) is 8. The summed E-state index contributed by atoms with van der Waals surface area (Å²) in [5.41, 5.74) is 7.26. The summed E-state index contributed by atoms with van der Waals surface area (Å²) in [6.07, 6.45) is 13.9. The number of nitrogens with two attached hydrogens (primary N) is 1. The zero-order chi connectivity index (χ0) is 25.1. The smallest absolute Gasteiger partial charge is 0.434 e. The molecular weight excluding hydrogens is 460 g/mol. The molecule has 4 bridgehead atoms. The third kappa shape index (κ3) is 4.00. The molecule has 4 aliphatic carbocycles. The lowest BCUT2D eigenvalue weighted by Crippen LogP contribution is -2.46. The van der Waals surface area contributed by atoms with E-state index in [1.165, 1.54) is 38.5 Å².